The summed E-state index contributed by atoms with van der Waals surface area (Å²) in [4.78, 5) is 22.3. The van der Waals surface area contributed by atoms with E-state index in [-0.39, 0.29) is 5.97 Å². The van der Waals surface area contributed by atoms with Crippen LogP contribution in [0, 0.1) is 5.92 Å². The minimum atomic E-state index is -0.355. The zero-order valence-electron chi connectivity index (χ0n) is 23.4. The highest BCUT2D eigenvalue weighted by Crippen LogP contribution is 2.34. The molecule has 0 radical (unpaired) electrons. The van der Waals surface area contributed by atoms with E-state index in [2.05, 4.69) is 53.4 Å². The maximum atomic E-state index is 12.2. The van der Waals surface area contributed by atoms with Crippen molar-refractivity contribution in [2.45, 2.75) is 66.0 Å². The highest BCUT2D eigenvalue weighted by atomic mass is 16.5. The number of methoxy groups -OCH3 is 2. The minimum absolute atomic E-state index is 0.355. The Hall–Kier alpha value is -3.39. The predicted molar refractivity (Wildman–Crippen MR) is 154 cm³/mol. The Kier molecular flexibility index (Phi) is 9.39. The number of anilines is 1. The van der Waals surface area contributed by atoms with Crippen LogP contribution in [0.5, 0.6) is 0 Å². The number of carbonyl (C=O) groups excluding carboxylic acids is 1. The monoisotopic (exact) mass is 519 g/mol. The molecule has 0 bridgehead atoms. The first-order valence-electron chi connectivity index (χ1n) is 13.8. The molecule has 4 rings (SSSR count). The Morgan fingerprint density at radius 1 is 1.00 bits per heavy atom. The lowest BCUT2D eigenvalue weighted by molar-refractivity contribution is 0.0601. The Labute approximate surface area is 225 Å². The topological polar surface area (TPSA) is 83.2 Å². The first-order valence-corrected chi connectivity index (χ1v) is 13.8. The molecule has 2 aromatic heterocycles. The molecule has 8 heteroatoms. The number of para-hydroxylation sites is 1. The van der Waals surface area contributed by atoms with Crippen LogP contribution in [0.15, 0.2) is 36.4 Å². The fraction of sp³-hybridized carbons (Fsp3) is 0.500. The average molecular weight is 520 g/mol. The third-order valence-corrected chi connectivity index (χ3v) is 6.90. The number of nitrogens with zero attached hydrogens (tertiary/aromatic N) is 4. The van der Waals surface area contributed by atoms with Crippen LogP contribution in [-0.2, 0) is 22.6 Å². The quantitative estimate of drug-likeness (QED) is 0.151. The Morgan fingerprint density at radius 3 is 2.58 bits per heavy atom. The molecule has 2 aromatic carbocycles. The van der Waals surface area contributed by atoms with E-state index >= 15 is 0 Å². The lowest BCUT2D eigenvalue weighted by atomic mass is 10.1. The van der Waals surface area contributed by atoms with Crippen molar-refractivity contribution in [1.29, 1.82) is 0 Å². The molecule has 0 amide bonds. The lowest BCUT2D eigenvalue weighted by Gasteiger charge is -2.15. The normalized spacial score (nSPS) is 11.6. The summed E-state index contributed by atoms with van der Waals surface area (Å²) in [5.41, 5.74) is 5.41. The van der Waals surface area contributed by atoms with Crippen molar-refractivity contribution in [2.75, 3.05) is 32.7 Å². The number of imidazole rings is 2. The molecule has 0 saturated carbocycles. The van der Waals surface area contributed by atoms with Crippen LogP contribution in [0.4, 0.5) is 5.95 Å². The predicted octanol–water partition coefficient (Wildman–Crippen LogP) is 6.52. The molecule has 38 heavy (non-hydrogen) atoms. The minimum Gasteiger partial charge on any atom is -0.465 e. The van der Waals surface area contributed by atoms with Crippen molar-refractivity contribution in [3.63, 3.8) is 0 Å². The van der Waals surface area contributed by atoms with Crippen LogP contribution < -0.4 is 5.32 Å². The average Bonchev–Trinajstić information content (AvgIpc) is 3.47. The number of hydrogen-bond donors (Lipinski definition) is 1. The summed E-state index contributed by atoms with van der Waals surface area (Å²) in [6, 6.07) is 11.9. The van der Waals surface area contributed by atoms with Gasteiger partial charge in [-0.25, -0.2) is 14.8 Å². The maximum Gasteiger partial charge on any atom is 0.337 e. The van der Waals surface area contributed by atoms with Crippen molar-refractivity contribution in [3.05, 3.63) is 42.0 Å². The highest BCUT2D eigenvalue weighted by molar-refractivity contribution is 5.97. The summed E-state index contributed by atoms with van der Waals surface area (Å²) in [7, 11) is 3.13. The third kappa shape index (κ3) is 6.01. The van der Waals surface area contributed by atoms with Crippen LogP contribution in [-0.4, -0.2) is 52.4 Å². The van der Waals surface area contributed by atoms with E-state index in [1.807, 2.05) is 18.2 Å². The summed E-state index contributed by atoms with van der Waals surface area (Å²) < 4.78 is 14.8. The first kappa shape index (κ1) is 27.6. The van der Waals surface area contributed by atoms with Crippen LogP contribution in [0.3, 0.4) is 0 Å². The summed E-state index contributed by atoms with van der Waals surface area (Å²) in [6.45, 7) is 9.93. The summed E-state index contributed by atoms with van der Waals surface area (Å²) >= 11 is 0. The molecule has 0 unspecified atom stereocenters. The molecule has 1 N–H and O–H groups in total. The smallest absolute Gasteiger partial charge is 0.337 e. The summed E-state index contributed by atoms with van der Waals surface area (Å²) in [6.07, 6.45) is 5.30. The van der Waals surface area contributed by atoms with Gasteiger partial charge in [-0.3, -0.25) is 0 Å². The number of benzene rings is 2. The number of aromatic nitrogens is 4. The van der Waals surface area contributed by atoms with E-state index in [4.69, 9.17) is 19.4 Å². The zero-order chi connectivity index (χ0) is 27.1. The van der Waals surface area contributed by atoms with Gasteiger partial charge in [0.2, 0.25) is 5.95 Å². The van der Waals surface area contributed by atoms with Gasteiger partial charge in [-0.05, 0) is 55.5 Å². The van der Waals surface area contributed by atoms with Crippen molar-refractivity contribution in [1.82, 2.24) is 19.1 Å². The van der Waals surface area contributed by atoms with E-state index in [1.165, 1.54) is 7.11 Å². The summed E-state index contributed by atoms with van der Waals surface area (Å²) in [5.74, 6) is 1.99. The molecular formula is C30H41N5O3. The molecule has 2 heterocycles. The molecule has 0 atom stereocenters. The molecule has 0 aliphatic carbocycles. The number of esters is 1. The van der Waals surface area contributed by atoms with Crippen LogP contribution in [0.2, 0.25) is 0 Å². The molecule has 0 aliphatic heterocycles. The number of carbonyl (C=O) groups is 1. The van der Waals surface area contributed by atoms with Crippen LogP contribution in [0.1, 0.15) is 63.2 Å². The molecule has 8 nitrogen and oxygen atoms in total. The molecule has 0 fully saturated rings. The van der Waals surface area contributed by atoms with E-state index in [0.29, 0.717) is 18.1 Å². The second-order valence-electron chi connectivity index (χ2n) is 10.2. The second kappa shape index (κ2) is 12.9. The number of unbranched alkanes of at least 4 members (excludes halogenated alkanes) is 2. The van der Waals surface area contributed by atoms with E-state index < -0.39 is 0 Å². The molecule has 4 aromatic rings. The zero-order valence-corrected chi connectivity index (χ0v) is 23.4. The van der Waals surface area contributed by atoms with Crippen molar-refractivity contribution >= 4 is 34.0 Å². The number of rotatable bonds is 14. The third-order valence-electron chi connectivity index (χ3n) is 6.90. The van der Waals surface area contributed by atoms with Gasteiger partial charge in [0.25, 0.3) is 0 Å². The van der Waals surface area contributed by atoms with Gasteiger partial charge in [-0.15, -0.1) is 0 Å². The van der Waals surface area contributed by atoms with Gasteiger partial charge in [0.15, 0.2) is 0 Å². The standard InChI is InChI=1S/C30H41N5O3/c1-6-7-8-17-34-26-14-13-22(29(36)38-5)20-25(26)32-28(34)23-11-9-12-24-27(23)35(18-15-21(2)3)30(33-24)31-16-10-19-37-4/h9,11-14,20-21H,6-8,10,15-19H2,1-5H3,(H,31,33). The number of fused-ring (bicyclic) bond motifs is 2. The lowest BCUT2D eigenvalue weighted by Crippen LogP contribution is -2.12. The molecule has 204 valence electrons. The molecule has 0 saturated heterocycles. The van der Waals surface area contributed by atoms with Gasteiger partial charge in [-0.2, -0.15) is 0 Å². The fourth-order valence-corrected chi connectivity index (χ4v) is 4.85. The number of aryl methyl sites for hydroxylation is 2. The van der Waals surface area contributed by atoms with E-state index in [0.717, 1.165) is 91.1 Å². The van der Waals surface area contributed by atoms with E-state index in [9.17, 15) is 4.79 Å². The van der Waals surface area contributed by atoms with Gasteiger partial charge in [-0.1, -0.05) is 39.7 Å². The SMILES string of the molecule is CCCCCn1c(-c2cccc3nc(NCCCOC)n(CCC(C)C)c23)nc2cc(C(=O)OC)ccc21. The maximum absolute atomic E-state index is 12.2. The number of hydrogen-bond acceptors (Lipinski definition) is 6. The fourth-order valence-electron chi connectivity index (χ4n) is 4.85. The number of nitrogens with one attached hydrogen (secondary N) is 1. The largest absolute Gasteiger partial charge is 0.465 e. The van der Waals surface area contributed by atoms with Gasteiger partial charge in [0, 0.05) is 38.9 Å². The van der Waals surface area contributed by atoms with Gasteiger partial charge >= 0.3 is 5.97 Å². The van der Waals surface area contributed by atoms with E-state index in [1.54, 1.807) is 7.11 Å². The van der Waals surface area contributed by atoms with Gasteiger partial charge < -0.3 is 23.9 Å². The number of ether oxygens (including phenoxy) is 2. The van der Waals surface area contributed by atoms with Crippen LogP contribution in [0.25, 0.3) is 33.5 Å². The Morgan fingerprint density at radius 2 is 1.84 bits per heavy atom. The van der Waals surface area contributed by atoms with Crippen molar-refractivity contribution in [3.8, 4) is 11.4 Å². The summed E-state index contributed by atoms with van der Waals surface area (Å²) in [5, 5.41) is 3.54. The Balaban J connectivity index is 1.87. The first-order chi connectivity index (χ1) is 18.5. The molecular weight excluding hydrogens is 478 g/mol. The van der Waals surface area contributed by atoms with Crippen LogP contribution >= 0.6 is 0 Å². The molecule has 0 aliphatic rings. The highest BCUT2D eigenvalue weighted by Gasteiger charge is 2.21. The van der Waals surface area contributed by atoms with Gasteiger partial charge in [0.05, 0.1) is 34.7 Å². The van der Waals surface area contributed by atoms with Crippen molar-refractivity contribution < 1.29 is 14.3 Å². The van der Waals surface area contributed by atoms with Crippen molar-refractivity contribution in [2.24, 2.45) is 5.92 Å². The second-order valence-corrected chi connectivity index (χ2v) is 10.2. The Bertz CT molecular complexity index is 1370. The van der Waals surface area contributed by atoms with Gasteiger partial charge in [0.1, 0.15) is 5.82 Å². The molecule has 0 spiro atoms.